The fourth-order valence-electron chi connectivity index (χ4n) is 6.24. The van der Waals surface area contributed by atoms with Crippen molar-refractivity contribution in [3.05, 3.63) is 58.3 Å². The van der Waals surface area contributed by atoms with Crippen LogP contribution in [0.1, 0.15) is 31.2 Å². The lowest BCUT2D eigenvalue weighted by molar-refractivity contribution is -0.138. The number of piperazine rings is 1. The number of halogens is 4. The van der Waals surface area contributed by atoms with E-state index in [9.17, 15) is 13.6 Å². The molecule has 1 aromatic carbocycles. The molecule has 0 unspecified atom stereocenters. The number of aromatic nitrogens is 3. The van der Waals surface area contributed by atoms with Crippen molar-refractivity contribution >= 4 is 35.1 Å². The molecule has 1 N–H and O–H groups in total. The molecule has 6 rings (SSSR count). The molecule has 3 fully saturated rings. The van der Waals surface area contributed by atoms with Crippen LogP contribution >= 0.6 is 23.2 Å². The molecule has 9 nitrogen and oxygen atoms in total. The second kappa shape index (κ2) is 12.5. The van der Waals surface area contributed by atoms with Crippen molar-refractivity contribution in [1.82, 2.24) is 24.8 Å². The minimum Gasteiger partial charge on any atom is -0.481 e. The third kappa shape index (κ3) is 7.52. The van der Waals surface area contributed by atoms with Gasteiger partial charge >= 0.3 is 5.97 Å². The average Bonchev–Trinajstić information content (AvgIpc) is 3.26. The molecular weight excluding hydrogens is 601 g/mol. The second-order valence-corrected chi connectivity index (χ2v) is 12.5. The van der Waals surface area contributed by atoms with Gasteiger partial charge in [-0.05, 0) is 61.7 Å². The number of pyridine rings is 1. The number of rotatable bonds is 8. The van der Waals surface area contributed by atoms with E-state index >= 15 is 0 Å². The van der Waals surface area contributed by atoms with E-state index in [-0.39, 0.29) is 31.3 Å². The third-order valence-corrected chi connectivity index (χ3v) is 8.73. The van der Waals surface area contributed by atoms with Gasteiger partial charge in [0.1, 0.15) is 0 Å². The first-order valence-corrected chi connectivity index (χ1v) is 15.1. The van der Waals surface area contributed by atoms with Crippen LogP contribution in [0.5, 0.6) is 11.6 Å². The summed E-state index contributed by atoms with van der Waals surface area (Å²) in [4.78, 5) is 30.8. The molecule has 0 spiro atoms. The fourth-order valence-corrected chi connectivity index (χ4v) is 6.76. The predicted molar refractivity (Wildman–Crippen MR) is 159 cm³/mol. The Morgan fingerprint density at radius 3 is 2.44 bits per heavy atom. The fraction of sp³-hybridized carbons (Fsp3) is 0.467. The van der Waals surface area contributed by atoms with Gasteiger partial charge in [0.15, 0.2) is 5.75 Å². The summed E-state index contributed by atoms with van der Waals surface area (Å²) in [6, 6.07) is 8.87. The number of piperidine rings is 1. The van der Waals surface area contributed by atoms with Crippen molar-refractivity contribution in [2.45, 2.75) is 44.2 Å². The van der Waals surface area contributed by atoms with Gasteiger partial charge in [0.25, 0.3) is 5.92 Å². The van der Waals surface area contributed by atoms with E-state index < -0.39 is 11.9 Å². The number of alkyl halides is 2. The molecule has 3 saturated heterocycles. The Bertz CT molecular complexity index is 1450. The topological polar surface area (TPSA) is 94.9 Å². The van der Waals surface area contributed by atoms with Crippen LogP contribution in [0.4, 0.5) is 14.7 Å². The van der Waals surface area contributed by atoms with Gasteiger partial charge in [0.05, 0.1) is 24.6 Å². The highest BCUT2D eigenvalue weighted by Gasteiger charge is 2.47. The van der Waals surface area contributed by atoms with Crippen molar-refractivity contribution in [3.63, 3.8) is 0 Å². The number of likely N-dealkylation sites (tertiary alicyclic amines) is 1. The number of hydrogen-bond acceptors (Lipinski definition) is 8. The molecule has 3 aromatic rings. The monoisotopic (exact) mass is 632 g/mol. The summed E-state index contributed by atoms with van der Waals surface area (Å²) in [5.74, 6) is -1.99. The quantitative estimate of drug-likeness (QED) is 0.328. The lowest BCUT2D eigenvalue weighted by Gasteiger charge is -2.36. The van der Waals surface area contributed by atoms with Gasteiger partial charge in [-0.15, -0.1) is 0 Å². The highest BCUT2D eigenvalue weighted by molar-refractivity contribution is 6.35. The van der Waals surface area contributed by atoms with Gasteiger partial charge < -0.3 is 14.7 Å². The van der Waals surface area contributed by atoms with E-state index in [4.69, 9.17) is 38.0 Å². The number of ether oxygens (including phenoxy) is 1. The smallest absolute Gasteiger partial charge is 0.303 e. The predicted octanol–water partition coefficient (Wildman–Crippen LogP) is 5.85. The van der Waals surface area contributed by atoms with Crippen LogP contribution in [0.15, 0.2) is 42.7 Å². The summed E-state index contributed by atoms with van der Waals surface area (Å²) < 4.78 is 33.9. The molecule has 0 amide bonds. The number of nitrogens with zero attached hydrogens (tertiary/aromatic N) is 6. The summed E-state index contributed by atoms with van der Waals surface area (Å²) in [5.41, 5.74) is 2.35. The zero-order chi connectivity index (χ0) is 30.1. The largest absolute Gasteiger partial charge is 0.481 e. The summed E-state index contributed by atoms with van der Waals surface area (Å²) in [6.45, 7) is 3.65. The van der Waals surface area contributed by atoms with Gasteiger partial charge in [-0.25, -0.2) is 23.7 Å². The Labute approximate surface area is 258 Å². The number of aliphatic carboxylic acids is 1. The molecule has 13 heteroatoms. The van der Waals surface area contributed by atoms with Crippen LogP contribution in [-0.4, -0.2) is 87.1 Å². The Hall–Kier alpha value is -3.12. The van der Waals surface area contributed by atoms with E-state index in [1.54, 1.807) is 30.6 Å². The van der Waals surface area contributed by atoms with Crippen molar-refractivity contribution < 1.29 is 23.4 Å². The zero-order valence-electron chi connectivity index (χ0n) is 23.4. The lowest BCUT2D eigenvalue weighted by atomic mass is 9.93. The van der Waals surface area contributed by atoms with Gasteiger partial charge in [-0.1, -0.05) is 23.2 Å². The first-order chi connectivity index (χ1) is 20.6. The first kappa shape index (κ1) is 29.9. The summed E-state index contributed by atoms with van der Waals surface area (Å²) in [6.07, 6.45) is 4.85. The van der Waals surface area contributed by atoms with Crippen molar-refractivity contribution in [1.29, 1.82) is 0 Å². The van der Waals surface area contributed by atoms with Gasteiger partial charge in [0, 0.05) is 66.7 Å². The lowest BCUT2D eigenvalue weighted by Crippen LogP contribution is -2.50. The first-order valence-electron chi connectivity index (χ1n) is 14.4. The number of fused-ring (bicyclic) bond motifs is 1. The number of carboxylic acid groups (broad SMARTS) is 1. The summed E-state index contributed by atoms with van der Waals surface area (Å²) in [7, 11) is 0. The number of carbonyl (C=O) groups is 1. The normalized spacial score (nSPS) is 21.1. The van der Waals surface area contributed by atoms with E-state index in [1.807, 2.05) is 21.9 Å². The zero-order valence-corrected chi connectivity index (χ0v) is 24.9. The third-order valence-electron chi connectivity index (χ3n) is 8.29. The van der Waals surface area contributed by atoms with E-state index in [0.717, 1.165) is 37.1 Å². The SMILES string of the molecule is O=C(O)CC1CCN(Cc2cc(Oc3cnc(N4CCN5CC(F)(F)C[C@H]5C4)nc3)nc(-c3cc(Cl)cc(Cl)c3)c2)CC1. The van der Waals surface area contributed by atoms with E-state index in [0.29, 0.717) is 59.5 Å². The van der Waals surface area contributed by atoms with E-state index in [1.165, 1.54) is 0 Å². The van der Waals surface area contributed by atoms with E-state index in [2.05, 4.69) is 14.9 Å². The molecule has 0 aliphatic carbocycles. The van der Waals surface area contributed by atoms with Crippen LogP contribution in [0.2, 0.25) is 10.0 Å². The van der Waals surface area contributed by atoms with Gasteiger partial charge in [0.2, 0.25) is 11.8 Å². The van der Waals surface area contributed by atoms with Crippen LogP contribution in [0, 0.1) is 5.92 Å². The molecule has 0 bridgehead atoms. The highest BCUT2D eigenvalue weighted by Crippen LogP contribution is 2.35. The molecule has 0 radical (unpaired) electrons. The maximum atomic E-state index is 13.9. The summed E-state index contributed by atoms with van der Waals surface area (Å²) in [5, 5.41) is 10.1. The van der Waals surface area contributed by atoms with Gasteiger partial charge in [-0.2, -0.15) is 0 Å². The Balaban J connectivity index is 1.18. The highest BCUT2D eigenvalue weighted by atomic mass is 35.5. The van der Waals surface area contributed by atoms with Crippen molar-refractivity contribution in [2.75, 3.05) is 44.2 Å². The number of carboxylic acids is 1. The van der Waals surface area contributed by atoms with Crippen LogP contribution < -0.4 is 9.64 Å². The Morgan fingerprint density at radius 1 is 1.02 bits per heavy atom. The maximum Gasteiger partial charge on any atom is 0.303 e. The molecule has 3 aliphatic rings. The molecule has 2 aromatic heterocycles. The minimum absolute atomic E-state index is 0.146. The molecule has 5 heterocycles. The standard InChI is InChI=1S/C30H32Cl2F2N6O3/c31-22-10-21(11-23(32)12-22)26-7-20(16-38-3-1-19(2-4-38)9-28(41)42)8-27(37-26)43-25-14-35-29(36-15-25)39-5-6-40-18-30(33,34)13-24(40)17-39/h7-8,10-12,14-15,19,24H,1-6,9,13,16-18H2,(H,41,42)/t24-/m0/s1. The summed E-state index contributed by atoms with van der Waals surface area (Å²) >= 11 is 12.6. The van der Waals surface area contributed by atoms with Crippen LogP contribution in [-0.2, 0) is 11.3 Å². The van der Waals surface area contributed by atoms with Crippen molar-refractivity contribution in [3.8, 4) is 22.9 Å². The molecule has 0 saturated carbocycles. The molecule has 3 aliphatic heterocycles. The average molecular weight is 634 g/mol. The van der Waals surface area contributed by atoms with Crippen molar-refractivity contribution in [2.24, 2.45) is 5.92 Å². The number of hydrogen-bond donors (Lipinski definition) is 1. The van der Waals surface area contributed by atoms with Crippen LogP contribution in [0.25, 0.3) is 11.3 Å². The maximum absolute atomic E-state index is 13.9. The second-order valence-electron chi connectivity index (χ2n) is 11.6. The number of anilines is 1. The Kier molecular flexibility index (Phi) is 8.68. The molecule has 43 heavy (non-hydrogen) atoms. The number of benzene rings is 1. The van der Waals surface area contributed by atoms with Gasteiger partial charge in [-0.3, -0.25) is 14.6 Å². The van der Waals surface area contributed by atoms with Crippen LogP contribution in [0.3, 0.4) is 0 Å². The minimum atomic E-state index is -2.65. The Morgan fingerprint density at radius 2 is 1.74 bits per heavy atom. The molecule has 1 atom stereocenters. The molecule has 228 valence electrons. The molecular formula is C30H32Cl2F2N6O3.